The molecule has 0 spiro atoms. The summed E-state index contributed by atoms with van der Waals surface area (Å²) in [5, 5.41) is 7.38. The molecule has 5 aromatic carbocycles. The highest BCUT2D eigenvalue weighted by Gasteiger charge is 2.35. The first kappa shape index (κ1) is 31.5. The topological polar surface area (TPSA) is 34.1 Å². The minimum Gasteiger partial charge on any atom is -0.314 e. The van der Waals surface area contributed by atoms with Crippen molar-refractivity contribution in [2.24, 2.45) is 0 Å². The molecule has 0 aliphatic heterocycles. The third-order valence-corrected chi connectivity index (χ3v) is 14.5. The summed E-state index contributed by atoms with van der Waals surface area (Å²) >= 11 is 0. The molecule has 0 amide bonds. The molecule has 5 rings (SSSR count). The summed E-state index contributed by atoms with van der Waals surface area (Å²) < 4.78 is 31.1. The van der Waals surface area contributed by atoms with Gasteiger partial charge >= 0.3 is 0 Å². The second-order valence-electron chi connectivity index (χ2n) is 11.0. The summed E-state index contributed by atoms with van der Waals surface area (Å²) in [5.74, 6) is 0. The van der Waals surface area contributed by atoms with E-state index in [0.717, 1.165) is 53.9 Å². The van der Waals surface area contributed by atoms with Gasteiger partial charge in [-0.15, -0.1) is 0 Å². The van der Waals surface area contributed by atoms with Gasteiger partial charge in [0.25, 0.3) is 0 Å². The molecule has 0 fully saturated rings. The van der Waals surface area contributed by atoms with Crippen LogP contribution in [0.2, 0.25) is 0 Å². The SMILES string of the molecule is C/C=C\C=C(/C)P(=O)(C/C=C\C)c1ccc2ccccc2c1-c1c(P(=O)(C/C=C\C)c2ccccc2)ccc2ccccc12. The number of hydrogen-bond donors (Lipinski definition) is 0. The van der Waals surface area contributed by atoms with E-state index in [1.807, 2.05) is 125 Å². The predicted molar refractivity (Wildman–Crippen MR) is 195 cm³/mol. The van der Waals surface area contributed by atoms with Crippen LogP contribution < -0.4 is 15.9 Å². The summed E-state index contributed by atoms with van der Waals surface area (Å²) in [6.45, 7) is 7.89. The van der Waals surface area contributed by atoms with Gasteiger partial charge in [0, 0.05) is 39.4 Å². The molecule has 4 heteroatoms. The zero-order chi connectivity index (χ0) is 31.2. The lowest BCUT2D eigenvalue weighted by Gasteiger charge is -2.27. The van der Waals surface area contributed by atoms with Gasteiger partial charge in [-0.25, -0.2) is 0 Å². The quantitative estimate of drug-likeness (QED) is 0.0891. The molecule has 0 N–H and O–H groups in total. The molecule has 44 heavy (non-hydrogen) atoms. The zero-order valence-electron chi connectivity index (χ0n) is 26.0. The summed E-state index contributed by atoms with van der Waals surface area (Å²) in [7, 11) is -6.32. The largest absolute Gasteiger partial charge is 0.314 e. The second kappa shape index (κ2) is 13.8. The van der Waals surface area contributed by atoms with Crippen molar-refractivity contribution in [3.63, 3.8) is 0 Å². The van der Waals surface area contributed by atoms with Crippen LogP contribution in [0.25, 0.3) is 32.7 Å². The van der Waals surface area contributed by atoms with Crippen LogP contribution in [0.5, 0.6) is 0 Å². The molecule has 2 nitrogen and oxygen atoms in total. The van der Waals surface area contributed by atoms with Crippen LogP contribution in [-0.4, -0.2) is 12.3 Å². The van der Waals surface area contributed by atoms with E-state index in [1.165, 1.54) is 0 Å². The molecule has 0 aliphatic carbocycles. The normalized spacial score (nSPS) is 15.4. The van der Waals surface area contributed by atoms with Crippen molar-refractivity contribution >= 4 is 51.7 Å². The molecule has 0 aromatic heterocycles. The van der Waals surface area contributed by atoms with Gasteiger partial charge in [0.15, 0.2) is 0 Å². The molecular formula is C40H40O2P2. The fourth-order valence-electron chi connectivity index (χ4n) is 5.96. The molecule has 0 aliphatic rings. The van der Waals surface area contributed by atoms with Crippen molar-refractivity contribution in [2.75, 3.05) is 12.3 Å². The molecule has 0 heterocycles. The number of allylic oxidation sites excluding steroid dienone is 8. The van der Waals surface area contributed by atoms with Crippen LogP contribution in [0.4, 0.5) is 0 Å². The van der Waals surface area contributed by atoms with Gasteiger partial charge in [0.1, 0.15) is 14.3 Å². The Bertz CT molecular complexity index is 2010. The van der Waals surface area contributed by atoms with Gasteiger partial charge in [0.2, 0.25) is 0 Å². The third kappa shape index (κ3) is 5.90. The van der Waals surface area contributed by atoms with Gasteiger partial charge in [-0.05, 0) is 66.7 Å². The number of hydrogen-bond acceptors (Lipinski definition) is 2. The lowest BCUT2D eigenvalue weighted by molar-refractivity contribution is 0.586. The first-order valence-corrected chi connectivity index (χ1v) is 19.0. The summed E-state index contributed by atoms with van der Waals surface area (Å²) in [4.78, 5) is 0. The molecule has 222 valence electrons. The Hall–Kier alpha value is -3.96. The number of benzene rings is 5. The highest BCUT2D eigenvalue weighted by Crippen LogP contribution is 2.57. The van der Waals surface area contributed by atoms with Crippen molar-refractivity contribution in [1.82, 2.24) is 0 Å². The minimum absolute atomic E-state index is 0.398. The molecular weight excluding hydrogens is 574 g/mol. The van der Waals surface area contributed by atoms with Crippen molar-refractivity contribution in [3.05, 3.63) is 151 Å². The molecule has 0 saturated heterocycles. The Morgan fingerprint density at radius 2 is 1.11 bits per heavy atom. The first-order chi connectivity index (χ1) is 21.4. The standard InChI is InChI=1S/C40H40O2P2/c1-5-8-18-31(4)43(41,29-9-6-2)37-27-25-32-19-14-16-23-35(32)39(37)40-36-24-17-15-20-33(36)26-28-38(40)44(42,30-10-7-3)34-21-12-11-13-22-34/h5-28H,29-30H2,1-4H3/b8-5-,9-6-,10-7-,31-18+. The van der Waals surface area contributed by atoms with Crippen molar-refractivity contribution < 1.29 is 9.13 Å². The molecule has 0 radical (unpaired) electrons. The third-order valence-electron chi connectivity index (χ3n) is 8.31. The summed E-state index contributed by atoms with van der Waals surface area (Å²) in [6.07, 6.45) is 14.7. The van der Waals surface area contributed by atoms with Gasteiger partial charge in [-0.2, -0.15) is 0 Å². The van der Waals surface area contributed by atoms with Crippen LogP contribution in [0.1, 0.15) is 27.7 Å². The van der Waals surface area contributed by atoms with E-state index in [2.05, 4.69) is 48.5 Å². The molecule has 0 saturated carbocycles. The lowest BCUT2D eigenvalue weighted by atomic mass is 9.93. The molecule has 0 bridgehead atoms. The first-order valence-electron chi connectivity index (χ1n) is 15.2. The Morgan fingerprint density at radius 3 is 1.70 bits per heavy atom. The van der Waals surface area contributed by atoms with Crippen LogP contribution in [-0.2, 0) is 9.13 Å². The minimum atomic E-state index is -3.18. The average Bonchev–Trinajstić information content (AvgIpc) is 3.07. The van der Waals surface area contributed by atoms with Crippen molar-refractivity contribution in [2.45, 2.75) is 27.7 Å². The maximum absolute atomic E-state index is 15.6. The van der Waals surface area contributed by atoms with E-state index in [9.17, 15) is 0 Å². The predicted octanol–water partition coefficient (Wildman–Crippen LogP) is 10.6. The Labute approximate surface area is 262 Å². The van der Waals surface area contributed by atoms with E-state index in [-0.39, 0.29) is 0 Å². The Balaban J connectivity index is 2.02. The fourth-order valence-corrected chi connectivity index (χ4v) is 11.3. The van der Waals surface area contributed by atoms with E-state index >= 15 is 9.13 Å². The average molecular weight is 615 g/mol. The fraction of sp³-hybridized carbons (Fsp3) is 0.150. The summed E-state index contributed by atoms with van der Waals surface area (Å²) in [6, 6.07) is 34.7. The Morgan fingerprint density at radius 1 is 0.591 bits per heavy atom. The van der Waals surface area contributed by atoms with Crippen molar-refractivity contribution in [1.29, 1.82) is 0 Å². The van der Waals surface area contributed by atoms with Crippen LogP contribution >= 0.6 is 14.3 Å². The number of rotatable bonds is 10. The number of fused-ring (bicyclic) bond motifs is 2. The molecule has 5 aromatic rings. The van der Waals surface area contributed by atoms with Crippen LogP contribution in [0, 0.1) is 0 Å². The van der Waals surface area contributed by atoms with Gasteiger partial charge in [-0.1, -0.05) is 134 Å². The van der Waals surface area contributed by atoms with Gasteiger partial charge in [-0.3, -0.25) is 0 Å². The Kier molecular flexibility index (Phi) is 9.85. The summed E-state index contributed by atoms with van der Waals surface area (Å²) in [5.41, 5.74) is 1.82. The molecule has 2 atom stereocenters. The van der Waals surface area contributed by atoms with E-state index < -0.39 is 14.3 Å². The monoisotopic (exact) mass is 614 g/mol. The maximum atomic E-state index is 15.6. The zero-order valence-corrected chi connectivity index (χ0v) is 27.8. The van der Waals surface area contributed by atoms with Crippen molar-refractivity contribution in [3.8, 4) is 11.1 Å². The smallest absolute Gasteiger partial charge is 0.147 e. The van der Waals surface area contributed by atoms with E-state index in [1.54, 1.807) is 0 Å². The molecule has 2 unspecified atom stereocenters. The van der Waals surface area contributed by atoms with Gasteiger partial charge < -0.3 is 9.13 Å². The maximum Gasteiger partial charge on any atom is 0.147 e. The van der Waals surface area contributed by atoms with E-state index in [4.69, 9.17) is 0 Å². The van der Waals surface area contributed by atoms with Crippen LogP contribution in [0.15, 0.2) is 151 Å². The highest BCUT2D eigenvalue weighted by atomic mass is 31.2. The van der Waals surface area contributed by atoms with Crippen LogP contribution in [0.3, 0.4) is 0 Å². The second-order valence-corrected chi connectivity index (χ2v) is 16.9. The van der Waals surface area contributed by atoms with E-state index in [0.29, 0.717) is 12.3 Å². The lowest BCUT2D eigenvalue weighted by Crippen LogP contribution is -2.23. The highest BCUT2D eigenvalue weighted by molar-refractivity contribution is 7.79. The van der Waals surface area contributed by atoms with Gasteiger partial charge in [0.05, 0.1) is 0 Å².